The Balaban J connectivity index is 1.78. The van der Waals surface area contributed by atoms with Crippen molar-refractivity contribution in [1.82, 2.24) is 5.32 Å². The van der Waals surface area contributed by atoms with Crippen LogP contribution in [0.3, 0.4) is 0 Å². The van der Waals surface area contributed by atoms with E-state index in [1.165, 1.54) is 0 Å². The minimum atomic E-state index is -0.730. The second-order valence-corrected chi connectivity index (χ2v) is 4.05. The van der Waals surface area contributed by atoms with Crippen LogP contribution < -0.4 is 5.32 Å². The van der Waals surface area contributed by atoms with Crippen LogP contribution in [0, 0.1) is 0 Å². The summed E-state index contributed by atoms with van der Waals surface area (Å²) in [5.41, 5.74) is -0.730. The third kappa shape index (κ3) is 2.40. The lowest BCUT2D eigenvalue weighted by atomic mass is 9.97. The Morgan fingerprint density at radius 2 is 2.53 bits per heavy atom. The molecule has 2 atom stereocenters. The van der Waals surface area contributed by atoms with Gasteiger partial charge >= 0.3 is 0 Å². The van der Waals surface area contributed by atoms with Gasteiger partial charge in [0.1, 0.15) is 11.4 Å². The number of nitrogens with one attached hydrogen (secondary N) is 1. The SMILES string of the molecule is CC1OCCC1(O)CNCc1ccco1. The van der Waals surface area contributed by atoms with Crippen LogP contribution in [0.1, 0.15) is 19.1 Å². The van der Waals surface area contributed by atoms with Crippen molar-refractivity contribution in [2.45, 2.75) is 31.6 Å². The molecule has 0 bridgehead atoms. The zero-order valence-corrected chi connectivity index (χ0v) is 8.90. The Kier molecular flexibility index (Phi) is 3.09. The van der Waals surface area contributed by atoms with Crippen LogP contribution in [0.4, 0.5) is 0 Å². The summed E-state index contributed by atoms with van der Waals surface area (Å²) < 4.78 is 10.5. The van der Waals surface area contributed by atoms with E-state index in [-0.39, 0.29) is 6.10 Å². The Labute approximate surface area is 89.2 Å². The molecule has 2 rings (SSSR count). The van der Waals surface area contributed by atoms with Gasteiger partial charge in [0.2, 0.25) is 0 Å². The maximum absolute atomic E-state index is 10.2. The molecular formula is C11H17NO3. The lowest BCUT2D eigenvalue weighted by Gasteiger charge is -2.26. The van der Waals surface area contributed by atoms with Gasteiger partial charge in [-0.3, -0.25) is 0 Å². The first-order valence-corrected chi connectivity index (χ1v) is 5.28. The number of rotatable bonds is 4. The Hall–Kier alpha value is -0.840. The Bertz CT molecular complexity index is 299. The van der Waals surface area contributed by atoms with Gasteiger partial charge in [0.25, 0.3) is 0 Å². The second-order valence-electron chi connectivity index (χ2n) is 4.05. The quantitative estimate of drug-likeness (QED) is 0.777. The Morgan fingerprint density at radius 1 is 1.67 bits per heavy atom. The van der Waals surface area contributed by atoms with E-state index in [0.717, 1.165) is 5.76 Å². The van der Waals surface area contributed by atoms with Crippen molar-refractivity contribution in [2.75, 3.05) is 13.2 Å². The van der Waals surface area contributed by atoms with E-state index in [9.17, 15) is 5.11 Å². The predicted octanol–water partition coefficient (Wildman–Crippen LogP) is 0.909. The second kappa shape index (κ2) is 4.35. The first-order valence-electron chi connectivity index (χ1n) is 5.28. The van der Waals surface area contributed by atoms with E-state index in [1.807, 2.05) is 19.1 Å². The summed E-state index contributed by atoms with van der Waals surface area (Å²) in [5.74, 6) is 0.880. The van der Waals surface area contributed by atoms with Crippen LogP contribution in [0.2, 0.25) is 0 Å². The molecule has 1 saturated heterocycles. The summed E-state index contributed by atoms with van der Waals surface area (Å²) in [4.78, 5) is 0. The third-order valence-electron chi connectivity index (χ3n) is 2.97. The molecule has 1 aromatic rings. The van der Waals surface area contributed by atoms with Gasteiger partial charge in [-0.2, -0.15) is 0 Å². The van der Waals surface area contributed by atoms with E-state index in [2.05, 4.69) is 5.32 Å². The topological polar surface area (TPSA) is 54.6 Å². The smallest absolute Gasteiger partial charge is 0.117 e. The molecule has 1 fully saturated rings. The van der Waals surface area contributed by atoms with Crippen LogP contribution in [0.25, 0.3) is 0 Å². The zero-order valence-electron chi connectivity index (χ0n) is 8.90. The molecule has 1 aromatic heterocycles. The molecule has 0 radical (unpaired) electrons. The molecule has 2 heterocycles. The normalized spacial score (nSPS) is 30.9. The highest BCUT2D eigenvalue weighted by molar-refractivity contribution is 4.98. The van der Waals surface area contributed by atoms with E-state index >= 15 is 0 Å². The van der Waals surface area contributed by atoms with E-state index in [4.69, 9.17) is 9.15 Å². The Morgan fingerprint density at radius 3 is 3.13 bits per heavy atom. The van der Waals surface area contributed by atoms with Gasteiger partial charge < -0.3 is 19.6 Å². The minimum absolute atomic E-state index is 0.0957. The van der Waals surface area contributed by atoms with Crippen molar-refractivity contribution < 1.29 is 14.3 Å². The summed E-state index contributed by atoms with van der Waals surface area (Å²) in [6, 6.07) is 3.76. The third-order valence-corrected chi connectivity index (χ3v) is 2.97. The van der Waals surface area contributed by atoms with Crippen LogP contribution in [0.15, 0.2) is 22.8 Å². The molecule has 0 aliphatic carbocycles. The number of hydrogen-bond donors (Lipinski definition) is 2. The monoisotopic (exact) mass is 211 g/mol. The van der Waals surface area contributed by atoms with E-state index in [0.29, 0.717) is 26.1 Å². The molecule has 2 unspecified atom stereocenters. The number of hydrogen-bond acceptors (Lipinski definition) is 4. The molecule has 0 aromatic carbocycles. The molecule has 4 heteroatoms. The molecular weight excluding hydrogens is 194 g/mol. The maximum atomic E-state index is 10.2. The van der Waals surface area contributed by atoms with Gasteiger partial charge in [0.15, 0.2) is 0 Å². The maximum Gasteiger partial charge on any atom is 0.117 e. The fourth-order valence-electron chi connectivity index (χ4n) is 1.82. The van der Waals surface area contributed by atoms with Crippen molar-refractivity contribution in [2.24, 2.45) is 0 Å². The summed E-state index contributed by atoms with van der Waals surface area (Å²) in [6.07, 6.45) is 2.24. The summed E-state index contributed by atoms with van der Waals surface area (Å²) in [6.45, 7) is 3.72. The van der Waals surface area contributed by atoms with E-state index in [1.54, 1.807) is 6.26 Å². The molecule has 84 valence electrons. The fraction of sp³-hybridized carbons (Fsp3) is 0.636. The summed E-state index contributed by atoms with van der Waals surface area (Å²) >= 11 is 0. The van der Waals surface area contributed by atoms with Crippen LogP contribution in [-0.2, 0) is 11.3 Å². The predicted molar refractivity (Wildman–Crippen MR) is 55.4 cm³/mol. The van der Waals surface area contributed by atoms with Gasteiger partial charge in [-0.1, -0.05) is 0 Å². The van der Waals surface area contributed by atoms with Crippen molar-refractivity contribution in [3.63, 3.8) is 0 Å². The molecule has 2 N–H and O–H groups in total. The molecule has 1 aliphatic heterocycles. The van der Waals surface area contributed by atoms with Gasteiger partial charge in [-0.15, -0.1) is 0 Å². The van der Waals surface area contributed by atoms with Crippen LogP contribution >= 0.6 is 0 Å². The van der Waals surface area contributed by atoms with Crippen molar-refractivity contribution in [3.05, 3.63) is 24.2 Å². The number of ether oxygens (including phenoxy) is 1. The highest BCUT2D eigenvalue weighted by Crippen LogP contribution is 2.24. The largest absolute Gasteiger partial charge is 0.468 e. The highest BCUT2D eigenvalue weighted by atomic mass is 16.5. The molecule has 4 nitrogen and oxygen atoms in total. The molecule has 1 aliphatic rings. The van der Waals surface area contributed by atoms with Crippen molar-refractivity contribution in [3.8, 4) is 0 Å². The number of aliphatic hydroxyl groups is 1. The lowest BCUT2D eigenvalue weighted by Crippen LogP contribution is -2.45. The molecule has 15 heavy (non-hydrogen) atoms. The summed E-state index contributed by atoms with van der Waals surface area (Å²) in [5, 5.41) is 13.3. The standard InChI is InChI=1S/C11H17NO3/c1-9-11(13,4-6-14-9)8-12-7-10-3-2-5-15-10/h2-3,5,9,12-13H,4,6-8H2,1H3. The minimum Gasteiger partial charge on any atom is -0.468 e. The zero-order chi connectivity index (χ0) is 10.7. The van der Waals surface area contributed by atoms with Gasteiger partial charge in [-0.05, 0) is 19.1 Å². The number of furan rings is 1. The van der Waals surface area contributed by atoms with Crippen molar-refractivity contribution >= 4 is 0 Å². The first-order chi connectivity index (χ1) is 7.21. The average Bonchev–Trinajstić information content (AvgIpc) is 2.79. The van der Waals surface area contributed by atoms with Crippen molar-refractivity contribution in [1.29, 1.82) is 0 Å². The first kappa shape index (κ1) is 10.7. The highest BCUT2D eigenvalue weighted by Gasteiger charge is 2.38. The summed E-state index contributed by atoms with van der Waals surface area (Å²) in [7, 11) is 0. The van der Waals surface area contributed by atoms with Gasteiger partial charge in [0, 0.05) is 19.6 Å². The van der Waals surface area contributed by atoms with Gasteiger partial charge in [0.05, 0.1) is 18.9 Å². The lowest BCUT2D eigenvalue weighted by molar-refractivity contribution is -0.0264. The fourth-order valence-corrected chi connectivity index (χ4v) is 1.82. The molecule has 0 amide bonds. The van der Waals surface area contributed by atoms with Gasteiger partial charge in [-0.25, -0.2) is 0 Å². The average molecular weight is 211 g/mol. The van der Waals surface area contributed by atoms with Crippen LogP contribution in [0.5, 0.6) is 0 Å². The molecule has 0 spiro atoms. The van der Waals surface area contributed by atoms with E-state index < -0.39 is 5.60 Å². The molecule has 0 saturated carbocycles. The van der Waals surface area contributed by atoms with Crippen LogP contribution in [-0.4, -0.2) is 30.0 Å².